The fourth-order valence-corrected chi connectivity index (χ4v) is 3.76. The monoisotopic (exact) mass is 381 g/mol. The van der Waals surface area contributed by atoms with Gasteiger partial charge in [0.1, 0.15) is 23.3 Å². The fraction of sp³-hybridized carbons (Fsp3) is 0.316. The molecule has 1 aliphatic carbocycles. The number of phenols is 1. The molecule has 1 saturated carbocycles. The van der Waals surface area contributed by atoms with Gasteiger partial charge in [0.05, 0.1) is 5.92 Å². The summed E-state index contributed by atoms with van der Waals surface area (Å²) in [5.74, 6) is -0.948. The van der Waals surface area contributed by atoms with Gasteiger partial charge in [0.15, 0.2) is 11.5 Å². The minimum atomic E-state index is -0.804. The van der Waals surface area contributed by atoms with Crippen LogP contribution in [0, 0.1) is 5.92 Å². The number of aromatic nitrogens is 4. The van der Waals surface area contributed by atoms with Crippen molar-refractivity contribution >= 4 is 23.0 Å². The van der Waals surface area contributed by atoms with Gasteiger partial charge in [-0.05, 0) is 49.9 Å². The van der Waals surface area contributed by atoms with Crippen molar-refractivity contribution < 1.29 is 15.0 Å². The van der Waals surface area contributed by atoms with Crippen LogP contribution < -0.4 is 11.3 Å². The van der Waals surface area contributed by atoms with Crippen molar-refractivity contribution in [3.8, 4) is 17.0 Å². The van der Waals surface area contributed by atoms with Crippen LogP contribution in [0.5, 0.6) is 5.75 Å². The highest BCUT2D eigenvalue weighted by atomic mass is 16.4. The van der Waals surface area contributed by atoms with E-state index in [-0.39, 0.29) is 28.9 Å². The molecule has 4 rings (SSSR count). The third-order valence-electron chi connectivity index (χ3n) is 5.26. The molecule has 0 radical (unpaired) electrons. The van der Waals surface area contributed by atoms with Crippen LogP contribution in [0.1, 0.15) is 31.7 Å². The van der Waals surface area contributed by atoms with Crippen molar-refractivity contribution in [3.63, 3.8) is 0 Å². The van der Waals surface area contributed by atoms with Crippen molar-refractivity contribution in [2.75, 3.05) is 5.73 Å². The van der Waals surface area contributed by atoms with Crippen LogP contribution in [0.2, 0.25) is 0 Å². The molecule has 1 fully saturated rings. The second-order valence-electron chi connectivity index (χ2n) is 6.96. The molecule has 0 atom stereocenters. The number of fused-ring (bicyclic) bond motifs is 1. The predicted octanol–water partition coefficient (Wildman–Crippen LogP) is 1.96. The van der Waals surface area contributed by atoms with Gasteiger partial charge in [0, 0.05) is 11.6 Å². The topological polar surface area (TPSA) is 144 Å². The summed E-state index contributed by atoms with van der Waals surface area (Å²) in [4.78, 5) is 37.2. The van der Waals surface area contributed by atoms with E-state index >= 15 is 0 Å². The fourth-order valence-electron chi connectivity index (χ4n) is 3.76. The van der Waals surface area contributed by atoms with E-state index in [1.54, 1.807) is 16.7 Å². The number of phenolic OH excluding ortho intramolecular Hbond substituents is 1. The first kappa shape index (κ1) is 17.9. The number of aliphatic carboxylic acids is 1. The molecule has 0 amide bonds. The molecule has 9 heteroatoms. The molecule has 28 heavy (non-hydrogen) atoms. The largest absolute Gasteiger partial charge is 0.508 e. The van der Waals surface area contributed by atoms with E-state index in [9.17, 15) is 19.8 Å². The number of hydrogen-bond donors (Lipinski definition) is 3. The molecule has 0 saturated heterocycles. The van der Waals surface area contributed by atoms with Gasteiger partial charge in [-0.3, -0.25) is 14.2 Å². The maximum absolute atomic E-state index is 13.3. The van der Waals surface area contributed by atoms with Crippen LogP contribution in [0.3, 0.4) is 0 Å². The lowest BCUT2D eigenvalue weighted by Gasteiger charge is -2.28. The van der Waals surface area contributed by atoms with E-state index in [0.29, 0.717) is 42.4 Å². The van der Waals surface area contributed by atoms with Gasteiger partial charge in [0.2, 0.25) is 0 Å². The molecule has 2 heterocycles. The molecule has 1 aromatic carbocycles. The SMILES string of the molecule is Nc1ncnc2c1nc(-c1ccc(O)cc1)c(=O)n2C1CCC(C(=O)O)CC1. The van der Waals surface area contributed by atoms with Crippen molar-refractivity contribution in [3.05, 3.63) is 40.9 Å². The van der Waals surface area contributed by atoms with Crippen LogP contribution in [0.25, 0.3) is 22.4 Å². The Labute approximate surface area is 159 Å². The molecule has 0 bridgehead atoms. The highest BCUT2D eigenvalue weighted by Gasteiger charge is 2.29. The Hall–Kier alpha value is -3.49. The summed E-state index contributed by atoms with van der Waals surface area (Å²) in [5, 5.41) is 18.8. The Morgan fingerprint density at radius 1 is 1.11 bits per heavy atom. The molecule has 0 spiro atoms. The number of carboxylic acid groups (broad SMARTS) is 1. The molecule has 0 unspecified atom stereocenters. The Bertz CT molecular complexity index is 1100. The molecule has 3 aromatic rings. The maximum atomic E-state index is 13.3. The number of rotatable bonds is 3. The normalized spacial score (nSPS) is 19.6. The molecule has 144 valence electrons. The summed E-state index contributed by atoms with van der Waals surface area (Å²) in [5.41, 5.74) is 7.07. The third-order valence-corrected chi connectivity index (χ3v) is 5.26. The van der Waals surface area contributed by atoms with Gasteiger partial charge in [-0.15, -0.1) is 0 Å². The van der Waals surface area contributed by atoms with Crippen LogP contribution in [-0.2, 0) is 4.79 Å². The summed E-state index contributed by atoms with van der Waals surface area (Å²) < 4.78 is 1.57. The molecule has 2 aromatic heterocycles. The first-order valence-corrected chi connectivity index (χ1v) is 9.00. The molecule has 4 N–H and O–H groups in total. The van der Waals surface area contributed by atoms with Gasteiger partial charge in [-0.25, -0.2) is 15.0 Å². The third kappa shape index (κ3) is 3.04. The number of nitrogen functional groups attached to an aromatic ring is 1. The lowest BCUT2D eigenvalue weighted by atomic mass is 9.86. The second-order valence-corrected chi connectivity index (χ2v) is 6.96. The summed E-state index contributed by atoms with van der Waals surface area (Å²) >= 11 is 0. The zero-order valence-electron chi connectivity index (χ0n) is 14.9. The van der Waals surface area contributed by atoms with E-state index in [1.807, 2.05) is 0 Å². The summed E-state index contributed by atoms with van der Waals surface area (Å²) in [6.45, 7) is 0. The number of hydrogen-bond acceptors (Lipinski definition) is 7. The number of carbonyl (C=O) groups is 1. The van der Waals surface area contributed by atoms with Gasteiger partial charge >= 0.3 is 5.97 Å². The Morgan fingerprint density at radius 2 is 1.79 bits per heavy atom. The molecular weight excluding hydrogens is 362 g/mol. The molecular formula is C19H19N5O4. The number of nitrogens with two attached hydrogens (primary N) is 1. The van der Waals surface area contributed by atoms with Crippen molar-refractivity contribution in [2.24, 2.45) is 5.92 Å². The van der Waals surface area contributed by atoms with Crippen LogP contribution >= 0.6 is 0 Å². The standard InChI is InChI=1S/C19H19N5O4/c20-16-15-17(22-9-21-16)24(12-5-1-11(2-6-12)19(27)28)18(26)14(23-15)10-3-7-13(25)8-4-10/h3-4,7-9,11-12,25H,1-2,5-6H2,(H,27,28)(H2,20,21,22). The van der Waals surface area contributed by atoms with E-state index in [1.165, 1.54) is 18.5 Å². The maximum Gasteiger partial charge on any atom is 0.306 e. The smallest absolute Gasteiger partial charge is 0.306 e. The van der Waals surface area contributed by atoms with Gasteiger partial charge < -0.3 is 15.9 Å². The molecule has 9 nitrogen and oxygen atoms in total. The highest BCUT2D eigenvalue weighted by molar-refractivity contribution is 5.83. The predicted molar refractivity (Wildman–Crippen MR) is 102 cm³/mol. The van der Waals surface area contributed by atoms with Crippen LogP contribution in [-0.4, -0.2) is 35.7 Å². The number of anilines is 1. The average Bonchev–Trinajstić information content (AvgIpc) is 2.69. The van der Waals surface area contributed by atoms with Gasteiger partial charge in [-0.2, -0.15) is 0 Å². The average molecular weight is 381 g/mol. The quantitative estimate of drug-likeness (QED) is 0.624. The zero-order chi connectivity index (χ0) is 19.8. The second kappa shape index (κ2) is 6.91. The molecule has 1 aliphatic rings. The highest BCUT2D eigenvalue weighted by Crippen LogP contribution is 2.33. The zero-order valence-corrected chi connectivity index (χ0v) is 14.9. The van der Waals surface area contributed by atoms with Gasteiger partial charge in [0.25, 0.3) is 5.56 Å². The Morgan fingerprint density at radius 3 is 2.43 bits per heavy atom. The van der Waals surface area contributed by atoms with E-state index in [0.717, 1.165) is 0 Å². The number of nitrogens with zero attached hydrogens (tertiary/aromatic N) is 4. The van der Waals surface area contributed by atoms with Crippen molar-refractivity contribution in [1.29, 1.82) is 0 Å². The number of aromatic hydroxyl groups is 1. The lowest BCUT2D eigenvalue weighted by molar-refractivity contribution is -0.143. The summed E-state index contributed by atoms with van der Waals surface area (Å²) in [7, 11) is 0. The van der Waals surface area contributed by atoms with Crippen LogP contribution in [0.15, 0.2) is 35.4 Å². The van der Waals surface area contributed by atoms with E-state index in [4.69, 9.17) is 5.73 Å². The molecule has 0 aliphatic heterocycles. The first-order chi connectivity index (χ1) is 13.5. The number of benzene rings is 1. The summed E-state index contributed by atoms with van der Waals surface area (Å²) in [6, 6.07) is 5.98. The lowest BCUT2D eigenvalue weighted by Crippen LogP contribution is -2.32. The number of carboxylic acids is 1. The minimum Gasteiger partial charge on any atom is -0.508 e. The minimum absolute atomic E-state index is 0.0831. The van der Waals surface area contributed by atoms with Crippen molar-refractivity contribution in [2.45, 2.75) is 31.7 Å². The summed E-state index contributed by atoms with van der Waals surface area (Å²) in [6.07, 6.45) is 3.37. The van der Waals surface area contributed by atoms with Crippen LogP contribution in [0.4, 0.5) is 5.82 Å². The first-order valence-electron chi connectivity index (χ1n) is 9.00. The van der Waals surface area contributed by atoms with Crippen molar-refractivity contribution in [1.82, 2.24) is 19.5 Å². The van der Waals surface area contributed by atoms with E-state index in [2.05, 4.69) is 15.0 Å². The Balaban J connectivity index is 1.88. The van der Waals surface area contributed by atoms with Gasteiger partial charge in [-0.1, -0.05) is 0 Å². The van der Waals surface area contributed by atoms with E-state index < -0.39 is 11.9 Å². The Kier molecular flexibility index (Phi) is 4.42.